The first-order valence-electron chi connectivity index (χ1n) is 3.48. The van der Waals surface area contributed by atoms with E-state index in [4.69, 9.17) is 11.6 Å². The Labute approximate surface area is 68.3 Å². The van der Waals surface area contributed by atoms with Gasteiger partial charge in [-0.2, -0.15) is 0 Å². The minimum atomic E-state index is 0.597. The fourth-order valence-electron chi connectivity index (χ4n) is 0.531. The minimum Gasteiger partial charge on any atom is -0.122 e. The molecule has 56 valence electrons. The lowest BCUT2D eigenvalue weighted by molar-refractivity contribution is 1.22. The lowest BCUT2D eigenvalue weighted by Crippen LogP contribution is -1.73. The third-order valence-electron chi connectivity index (χ3n) is 1.09. The molecule has 0 rings (SSSR count). The summed E-state index contributed by atoms with van der Waals surface area (Å²) < 4.78 is 0. The van der Waals surface area contributed by atoms with Crippen LogP contribution >= 0.6 is 11.6 Å². The molecule has 0 aliphatic heterocycles. The van der Waals surface area contributed by atoms with Gasteiger partial charge in [-0.05, 0) is 6.92 Å². The molecule has 0 saturated heterocycles. The number of hydrogen-bond donors (Lipinski definition) is 0. The van der Waals surface area contributed by atoms with Gasteiger partial charge in [-0.1, -0.05) is 24.5 Å². The SMILES string of the molecule is CCC#CC/C(C)=C/CCl. The summed E-state index contributed by atoms with van der Waals surface area (Å²) in [5, 5.41) is 0. The van der Waals surface area contributed by atoms with Crippen LogP contribution < -0.4 is 0 Å². The van der Waals surface area contributed by atoms with Gasteiger partial charge >= 0.3 is 0 Å². The summed E-state index contributed by atoms with van der Waals surface area (Å²) in [4.78, 5) is 0. The number of alkyl halides is 1. The largest absolute Gasteiger partial charge is 0.122 e. The zero-order valence-corrected chi connectivity index (χ0v) is 7.33. The van der Waals surface area contributed by atoms with Crippen LogP contribution in [0, 0.1) is 11.8 Å². The Balaban J connectivity index is 3.58. The lowest BCUT2D eigenvalue weighted by Gasteiger charge is -1.88. The van der Waals surface area contributed by atoms with Crippen molar-refractivity contribution in [2.45, 2.75) is 26.7 Å². The van der Waals surface area contributed by atoms with Gasteiger partial charge in [0.2, 0.25) is 0 Å². The van der Waals surface area contributed by atoms with Gasteiger partial charge in [0.1, 0.15) is 0 Å². The van der Waals surface area contributed by atoms with Gasteiger partial charge in [-0.25, -0.2) is 0 Å². The third-order valence-corrected chi connectivity index (χ3v) is 1.25. The van der Waals surface area contributed by atoms with E-state index in [1.807, 2.05) is 19.9 Å². The average molecular weight is 157 g/mol. The van der Waals surface area contributed by atoms with Gasteiger partial charge in [0.25, 0.3) is 0 Å². The topological polar surface area (TPSA) is 0 Å². The molecule has 0 amide bonds. The summed E-state index contributed by atoms with van der Waals surface area (Å²) in [5.41, 5.74) is 1.26. The van der Waals surface area contributed by atoms with Gasteiger partial charge in [0.05, 0.1) is 0 Å². The van der Waals surface area contributed by atoms with Gasteiger partial charge in [-0.15, -0.1) is 17.5 Å². The number of allylic oxidation sites excluding steroid dienone is 2. The zero-order valence-electron chi connectivity index (χ0n) is 6.58. The molecule has 0 aromatic rings. The second kappa shape index (κ2) is 6.71. The number of halogens is 1. The van der Waals surface area contributed by atoms with Gasteiger partial charge in [-0.3, -0.25) is 0 Å². The second-order valence-corrected chi connectivity index (χ2v) is 2.40. The first-order chi connectivity index (χ1) is 4.81. The fraction of sp³-hybridized carbons (Fsp3) is 0.556. The van der Waals surface area contributed by atoms with E-state index in [0.29, 0.717) is 5.88 Å². The first-order valence-corrected chi connectivity index (χ1v) is 4.02. The molecule has 0 aromatic carbocycles. The summed E-state index contributed by atoms with van der Waals surface area (Å²) in [6.45, 7) is 4.10. The molecule has 10 heavy (non-hydrogen) atoms. The Kier molecular flexibility index (Phi) is 6.43. The summed E-state index contributed by atoms with van der Waals surface area (Å²) in [5.74, 6) is 6.64. The molecule has 0 bridgehead atoms. The molecule has 1 heteroatoms. The van der Waals surface area contributed by atoms with Crippen molar-refractivity contribution in [3.05, 3.63) is 11.6 Å². The molecule has 0 atom stereocenters. The minimum absolute atomic E-state index is 0.597. The zero-order chi connectivity index (χ0) is 7.82. The van der Waals surface area contributed by atoms with E-state index in [1.54, 1.807) is 0 Å². The Morgan fingerprint density at radius 3 is 2.70 bits per heavy atom. The van der Waals surface area contributed by atoms with Crippen LogP contribution in [0.15, 0.2) is 11.6 Å². The lowest BCUT2D eigenvalue weighted by atomic mass is 10.2. The molecule has 0 aromatic heterocycles. The van der Waals surface area contributed by atoms with E-state index in [9.17, 15) is 0 Å². The molecule has 0 aliphatic rings. The van der Waals surface area contributed by atoms with Crippen molar-refractivity contribution in [1.29, 1.82) is 0 Å². The predicted molar refractivity (Wildman–Crippen MR) is 47.2 cm³/mol. The highest BCUT2D eigenvalue weighted by Gasteiger charge is 1.81. The standard InChI is InChI=1S/C9H13Cl/c1-3-4-5-6-9(2)7-8-10/h7H,3,6,8H2,1-2H3/b9-7+. The summed E-state index contributed by atoms with van der Waals surface area (Å²) in [7, 11) is 0. The summed E-state index contributed by atoms with van der Waals surface area (Å²) in [6, 6.07) is 0. The van der Waals surface area contributed by atoms with Crippen molar-refractivity contribution >= 4 is 11.6 Å². The van der Waals surface area contributed by atoms with Crippen LogP contribution in [0.25, 0.3) is 0 Å². The molecule has 0 saturated carbocycles. The molecule has 0 fully saturated rings. The highest BCUT2D eigenvalue weighted by atomic mass is 35.5. The van der Waals surface area contributed by atoms with Crippen LogP contribution in [0.5, 0.6) is 0 Å². The van der Waals surface area contributed by atoms with Gasteiger partial charge in [0.15, 0.2) is 0 Å². The van der Waals surface area contributed by atoms with E-state index in [0.717, 1.165) is 12.8 Å². The van der Waals surface area contributed by atoms with Crippen LogP contribution in [0.3, 0.4) is 0 Å². The molecule has 0 radical (unpaired) electrons. The summed E-state index contributed by atoms with van der Waals surface area (Å²) in [6.07, 6.45) is 3.79. The Morgan fingerprint density at radius 2 is 2.20 bits per heavy atom. The van der Waals surface area contributed by atoms with Crippen LogP contribution in [-0.2, 0) is 0 Å². The first kappa shape index (κ1) is 9.59. The number of hydrogen-bond acceptors (Lipinski definition) is 0. The van der Waals surface area contributed by atoms with Crippen molar-refractivity contribution in [1.82, 2.24) is 0 Å². The number of rotatable bonds is 2. The second-order valence-electron chi connectivity index (χ2n) is 2.09. The van der Waals surface area contributed by atoms with E-state index < -0.39 is 0 Å². The maximum Gasteiger partial charge on any atom is 0.0407 e. The Hall–Kier alpha value is -0.410. The van der Waals surface area contributed by atoms with Crippen LogP contribution in [0.1, 0.15) is 26.7 Å². The molecule has 0 unspecified atom stereocenters. The van der Waals surface area contributed by atoms with Crippen molar-refractivity contribution in [3.63, 3.8) is 0 Å². The molecule has 0 heterocycles. The van der Waals surface area contributed by atoms with E-state index in [2.05, 4.69) is 11.8 Å². The van der Waals surface area contributed by atoms with E-state index >= 15 is 0 Å². The molecule has 0 spiro atoms. The van der Waals surface area contributed by atoms with E-state index in [-0.39, 0.29) is 0 Å². The summed E-state index contributed by atoms with van der Waals surface area (Å²) >= 11 is 5.48. The Bertz CT molecular complexity index is 157. The normalized spacial score (nSPS) is 10.5. The maximum absolute atomic E-state index is 5.48. The fourth-order valence-corrected chi connectivity index (χ4v) is 0.794. The monoisotopic (exact) mass is 156 g/mol. The van der Waals surface area contributed by atoms with Crippen LogP contribution in [-0.4, -0.2) is 5.88 Å². The van der Waals surface area contributed by atoms with Crippen molar-refractivity contribution in [2.24, 2.45) is 0 Å². The van der Waals surface area contributed by atoms with Gasteiger partial charge in [0, 0.05) is 18.7 Å². The molecule has 0 nitrogen and oxygen atoms in total. The van der Waals surface area contributed by atoms with Crippen LogP contribution in [0.4, 0.5) is 0 Å². The highest BCUT2D eigenvalue weighted by Crippen LogP contribution is 1.97. The van der Waals surface area contributed by atoms with Crippen molar-refractivity contribution in [3.8, 4) is 11.8 Å². The van der Waals surface area contributed by atoms with Crippen LogP contribution in [0.2, 0.25) is 0 Å². The molecular formula is C9H13Cl. The molecule has 0 aliphatic carbocycles. The third kappa shape index (κ3) is 5.72. The van der Waals surface area contributed by atoms with E-state index in [1.165, 1.54) is 5.57 Å². The quantitative estimate of drug-likeness (QED) is 0.328. The molecule has 0 N–H and O–H groups in total. The highest BCUT2D eigenvalue weighted by molar-refractivity contribution is 6.18. The van der Waals surface area contributed by atoms with Crippen molar-refractivity contribution in [2.75, 3.05) is 5.88 Å². The average Bonchev–Trinajstić information content (AvgIpc) is 1.89. The Morgan fingerprint density at radius 1 is 1.50 bits per heavy atom. The smallest absolute Gasteiger partial charge is 0.0407 e. The van der Waals surface area contributed by atoms with Crippen molar-refractivity contribution < 1.29 is 0 Å². The molecular weight excluding hydrogens is 144 g/mol. The maximum atomic E-state index is 5.48. The predicted octanol–water partition coefficient (Wildman–Crippen LogP) is 2.98. The van der Waals surface area contributed by atoms with Gasteiger partial charge < -0.3 is 0 Å².